The first-order chi connectivity index (χ1) is 12.7. The monoisotopic (exact) mass is 376 g/mol. The molecule has 0 amide bonds. The van der Waals surface area contributed by atoms with Crippen molar-refractivity contribution in [1.82, 2.24) is 10.6 Å². The summed E-state index contributed by atoms with van der Waals surface area (Å²) in [5.74, 6) is 3.33. The fraction of sp³-hybridized carbons (Fsp3) is 0.650. The van der Waals surface area contributed by atoms with E-state index in [1.807, 2.05) is 11.8 Å². The number of nitrogens with one attached hydrogen (secondary N) is 2. The van der Waals surface area contributed by atoms with Gasteiger partial charge in [0, 0.05) is 42.9 Å². The molecule has 0 aromatic heterocycles. The zero-order chi connectivity index (χ0) is 18.2. The fourth-order valence-electron chi connectivity index (χ4n) is 3.54. The van der Waals surface area contributed by atoms with Gasteiger partial charge in [-0.1, -0.05) is 12.1 Å². The number of rotatable bonds is 5. The van der Waals surface area contributed by atoms with Crippen LogP contribution in [0.5, 0.6) is 0 Å². The highest BCUT2D eigenvalue weighted by atomic mass is 32.2. The second kappa shape index (κ2) is 10.1. The lowest BCUT2D eigenvalue weighted by atomic mass is 9.93. The Morgan fingerprint density at radius 1 is 1.15 bits per heavy atom. The van der Waals surface area contributed by atoms with Gasteiger partial charge in [0.25, 0.3) is 0 Å². The van der Waals surface area contributed by atoms with Crippen molar-refractivity contribution in [3.8, 4) is 0 Å². The van der Waals surface area contributed by atoms with E-state index in [0.29, 0.717) is 12.6 Å². The zero-order valence-corrected chi connectivity index (χ0v) is 16.6. The number of aliphatic hydroxyl groups is 1. The Bertz CT molecular complexity index is 564. The molecule has 1 saturated carbocycles. The molecular weight excluding hydrogens is 344 g/mol. The summed E-state index contributed by atoms with van der Waals surface area (Å²) < 4.78 is 0. The molecule has 1 aromatic rings. The van der Waals surface area contributed by atoms with Crippen molar-refractivity contribution in [2.75, 3.05) is 36.0 Å². The maximum absolute atomic E-state index is 9.65. The van der Waals surface area contributed by atoms with Gasteiger partial charge in [0.15, 0.2) is 5.96 Å². The van der Waals surface area contributed by atoms with E-state index in [1.54, 1.807) is 0 Å². The van der Waals surface area contributed by atoms with Crippen molar-refractivity contribution in [2.45, 2.75) is 51.3 Å². The number of anilines is 1. The third kappa shape index (κ3) is 5.81. The lowest BCUT2D eigenvalue weighted by Crippen LogP contribution is -2.45. The molecule has 144 valence electrons. The van der Waals surface area contributed by atoms with E-state index >= 15 is 0 Å². The molecule has 1 aliphatic carbocycles. The van der Waals surface area contributed by atoms with Crippen molar-refractivity contribution in [3.63, 3.8) is 0 Å². The lowest BCUT2D eigenvalue weighted by molar-refractivity contribution is 0.120. The number of aliphatic hydroxyl groups excluding tert-OH is 1. The van der Waals surface area contributed by atoms with E-state index in [1.165, 1.54) is 22.8 Å². The highest BCUT2D eigenvalue weighted by Gasteiger charge is 2.20. The number of hydrogen-bond donors (Lipinski definition) is 3. The molecule has 1 heterocycles. The van der Waals surface area contributed by atoms with Gasteiger partial charge in [0.1, 0.15) is 0 Å². The summed E-state index contributed by atoms with van der Waals surface area (Å²) in [6, 6.07) is 9.26. The molecule has 0 unspecified atom stereocenters. The molecule has 6 heteroatoms. The molecule has 1 saturated heterocycles. The number of thioether (sulfide) groups is 1. The molecule has 3 N–H and O–H groups in total. The van der Waals surface area contributed by atoms with Crippen LogP contribution in [-0.2, 0) is 6.54 Å². The van der Waals surface area contributed by atoms with Crippen molar-refractivity contribution in [1.29, 1.82) is 0 Å². The van der Waals surface area contributed by atoms with Crippen molar-refractivity contribution in [2.24, 2.45) is 4.99 Å². The first-order valence-corrected chi connectivity index (χ1v) is 11.0. The Labute approximate surface area is 161 Å². The van der Waals surface area contributed by atoms with Crippen LogP contribution in [0.3, 0.4) is 0 Å². The second-order valence-electron chi connectivity index (χ2n) is 7.11. The van der Waals surface area contributed by atoms with Crippen LogP contribution in [0.1, 0.15) is 38.2 Å². The first-order valence-electron chi connectivity index (χ1n) is 9.89. The molecule has 1 aromatic carbocycles. The van der Waals surface area contributed by atoms with Crippen LogP contribution in [0.4, 0.5) is 5.69 Å². The smallest absolute Gasteiger partial charge is 0.191 e. The van der Waals surface area contributed by atoms with Gasteiger partial charge in [-0.15, -0.1) is 0 Å². The summed E-state index contributed by atoms with van der Waals surface area (Å²) in [6.45, 7) is 5.92. The SMILES string of the molecule is CCNC(=NCc1ccc(N2CCSCC2)cc1)NC1CCC(O)CC1. The summed E-state index contributed by atoms with van der Waals surface area (Å²) in [4.78, 5) is 7.22. The van der Waals surface area contributed by atoms with Gasteiger partial charge >= 0.3 is 0 Å². The largest absolute Gasteiger partial charge is 0.393 e. The summed E-state index contributed by atoms with van der Waals surface area (Å²) in [7, 11) is 0. The molecule has 0 bridgehead atoms. The normalized spacial score (nSPS) is 24.4. The van der Waals surface area contributed by atoms with E-state index in [9.17, 15) is 5.11 Å². The van der Waals surface area contributed by atoms with Crippen molar-refractivity contribution < 1.29 is 5.11 Å². The second-order valence-corrected chi connectivity index (χ2v) is 8.34. The Morgan fingerprint density at radius 3 is 2.50 bits per heavy atom. The minimum Gasteiger partial charge on any atom is -0.393 e. The average molecular weight is 377 g/mol. The van der Waals surface area contributed by atoms with Gasteiger partial charge < -0.3 is 20.6 Å². The fourth-order valence-corrected chi connectivity index (χ4v) is 4.44. The zero-order valence-electron chi connectivity index (χ0n) is 15.8. The number of benzene rings is 1. The molecule has 2 aliphatic rings. The molecule has 26 heavy (non-hydrogen) atoms. The molecule has 1 aliphatic heterocycles. The molecule has 0 spiro atoms. The van der Waals surface area contributed by atoms with E-state index in [-0.39, 0.29) is 6.10 Å². The van der Waals surface area contributed by atoms with Gasteiger partial charge in [-0.2, -0.15) is 11.8 Å². The van der Waals surface area contributed by atoms with Gasteiger partial charge in [0.2, 0.25) is 0 Å². The minimum atomic E-state index is -0.121. The maximum atomic E-state index is 9.65. The van der Waals surface area contributed by atoms with Crippen LogP contribution in [0.25, 0.3) is 0 Å². The predicted octanol–water partition coefficient (Wildman–Crippen LogP) is 2.60. The Morgan fingerprint density at radius 2 is 1.85 bits per heavy atom. The van der Waals surface area contributed by atoms with E-state index in [2.05, 4.69) is 46.7 Å². The maximum Gasteiger partial charge on any atom is 0.191 e. The Kier molecular flexibility index (Phi) is 7.50. The molecule has 0 atom stereocenters. The third-order valence-corrected chi connectivity index (χ3v) is 6.06. The van der Waals surface area contributed by atoms with Crippen LogP contribution in [-0.4, -0.2) is 54.4 Å². The Balaban J connectivity index is 1.54. The van der Waals surface area contributed by atoms with Crippen LogP contribution >= 0.6 is 11.8 Å². The molecule has 2 fully saturated rings. The van der Waals surface area contributed by atoms with Gasteiger partial charge in [-0.25, -0.2) is 4.99 Å². The summed E-state index contributed by atoms with van der Waals surface area (Å²) in [5, 5.41) is 16.5. The van der Waals surface area contributed by atoms with Crippen LogP contribution in [0, 0.1) is 0 Å². The van der Waals surface area contributed by atoms with Gasteiger partial charge in [-0.3, -0.25) is 0 Å². The highest BCUT2D eigenvalue weighted by molar-refractivity contribution is 7.99. The van der Waals surface area contributed by atoms with Gasteiger partial charge in [-0.05, 0) is 50.3 Å². The predicted molar refractivity (Wildman–Crippen MR) is 112 cm³/mol. The first kappa shape index (κ1) is 19.4. The summed E-state index contributed by atoms with van der Waals surface area (Å²) in [6.07, 6.45) is 3.66. The minimum absolute atomic E-state index is 0.121. The lowest BCUT2D eigenvalue weighted by Gasteiger charge is -2.28. The molecule has 0 radical (unpaired) electrons. The molecule has 3 rings (SSSR count). The quantitative estimate of drug-likeness (QED) is 0.545. The molecule has 5 nitrogen and oxygen atoms in total. The summed E-state index contributed by atoms with van der Waals surface area (Å²) in [5.41, 5.74) is 2.56. The van der Waals surface area contributed by atoms with E-state index in [0.717, 1.165) is 51.3 Å². The van der Waals surface area contributed by atoms with Crippen LogP contribution in [0.15, 0.2) is 29.3 Å². The van der Waals surface area contributed by atoms with Crippen molar-refractivity contribution >= 4 is 23.4 Å². The van der Waals surface area contributed by atoms with E-state index in [4.69, 9.17) is 4.99 Å². The topological polar surface area (TPSA) is 59.9 Å². The van der Waals surface area contributed by atoms with Gasteiger partial charge in [0.05, 0.1) is 12.6 Å². The number of aliphatic imine (C=N–C) groups is 1. The third-order valence-electron chi connectivity index (χ3n) is 5.11. The van der Waals surface area contributed by atoms with E-state index < -0.39 is 0 Å². The molecular formula is C20H32N4OS. The summed E-state index contributed by atoms with van der Waals surface area (Å²) >= 11 is 2.04. The van der Waals surface area contributed by atoms with Crippen LogP contribution < -0.4 is 15.5 Å². The standard InChI is InChI=1S/C20H32N4OS/c1-2-21-20(23-17-5-9-19(25)10-6-17)22-15-16-3-7-18(8-4-16)24-11-13-26-14-12-24/h3-4,7-8,17,19,25H,2,5-6,9-15H2,1H3,(H2,21,22,23). The Hall–Kier alpha value is -1.40. The highest BCUT2D eigenvalue weighted by Crippen LogP contribution is 2.20. The van der Waals surface area contributed by atoms with Crippen LogP contribution in [0.2, 0.25) is 0 Å². The number of hydrogen-bond acceptors (Lipinski definition) is 4. The number of nitrogens with zero attached hydrogens (tertiary/aromatic N) is 2. The average Bonchev–Trinajstić information content (AvgIpc) is 2.69. The van der Waals surface area contributed by atoms with Crippen molar-refractivity contribution in [3.05, 3.63) is 29.8 Å². The number of guanidine groups is 1.